The van der Waals surface area contributed by atoms with Crippen LogP contribution in [0.2, 0.25) is 0 Å². The minimum Gasteiger partial charge on any atom is -0.491 e. The van der Waals surface area contributed by atoms with Crippen LogP contribution in [0.15, 0.2) is 12.1 Å². The molecular weight excluding hydrogens is 223 g/mol. The Morgan fingerprint density at radius 1 is 1.50 bits per heavy atom. The van der Waals surface area contributed by atoms with E-state index in [0.29, 0.717) is 5.56 Å². The number of nitrogens with one attached hydrogen (secondary N) is 1. The van der Waals surface area contributed by atoms with Crippen LogP contribution in [0.5, 0.6) is 11.5 Å². The van der Waals surface area contributed by atoms with Crippen LogP contribution in [0.1, 0.15) is 11.6 Å². The highest BCUT2D eigenvalue weighted by Gasteiger charge is 2.27. The van der Waals surface area contributed by atoms with Crippen molar-refractivity contribution in [2.24, 2.45) is 0 Å². The van der Waals surface area contributed by atoms with Crippen molar-refractivity contribution < 1.29 is 22.6 Å². The summed E-state index contributed by atoms with van der Waals surface area (Å²) in [4.78, 5) is 0. The van der Waals surface area contributed by atoms with Gasteiger partial charge in [-0.05, 0) is 7.05 Å². The number of alkyl halides is 2. The normalized spacial score (nSPS) is 18.4. The highest BCUT2D eigenvalue weighted by molar-refractivity contribution is 5.46. The van der Waals surface area contributed by atoms with Gasteiger partial charge in [0.15, 0.2) is 0 Å². The molecule has 88 valence electrons. The van der Waals surface area contributed by atoms with Gasteiger partial charge in [0.2, 0.25) is 0 Å². The smallest absolute Gasteiger partial charge is 0.387 e. The van der Waals surface area contributed by atoms with Gasteiger partial charge in [-0.2, -0.15) is 8.78 Å². The van der Waals surface area contributed by atoms with Crippen LogP contribution in [0.3, 0.4) is 0 Å². The molecule has 1 aromatic carbocycles. The van der Waals surface area contributed by atoms with Gasteiger partial charge in [-0.25, -0.2) is 4.39 Å². The Kier molecular flexibility index (Phi) is 2.91. The van der Waals surface area contributed by atoms with Gasteiger partial charge in [0.05, 0.1) is 11.6 Å². The Morgan fingerprint density at radius 2 is 2.25 bits per heavy atom. The first-order valence-corrected chi connectivity index (χ1v) is 4.70. The summed E-state index contributed by atoms with van der Waals surface area (Å²) in [5, 5.41) is 2.87. The lowest BCUT2D eigenvalue weighted by molar-refractivity contribution is -0.0500. The molecule has 0 amide bonds. The van der Waals surface area contributed by atoms with Gasteiger partial charge in [-0.3, -0.25) is 0 Å². The van der Waals surface area contributed by atoms with E-state index < -0.39 is 12.4 Å². The van der Waals surface area contributed by atoms with Crippen LogP contribution in [-0.4, -0.2) is 20.3 Å². The first-order valence-electron chi connectivity index (χ1n) is 4.70. The van der Waals surface area contributed by atoms with Gasteiger partial charge in [0.25, 0.3) is 0 Å². The lowest BCUT2D eigenvalue weighted by Crippen LogP contribution is -2.18. The molecule has 16 heavy (non-hydrogen) atoms. The van der Waals surface area contributed by atoms with E-state index in [-0.39, 0.29) is 24.1 Å². The molecule has 2 rings (SSSR count). The van der Waals surface area contributed by atoms with E-state index in [4.69, 9.17) is 4.74 Å². The quantitative estimate of drug-likeness (QED) is 0.867. The number of hydrogen-bond acceptors (Lipinski definition) is 3. The van der Waals surface area contributed by atoms with Crippen molar-refractivity contribution in [3.63, 3.8) is 0 Å². The fourth-order valence-corrected chi connectivity index (χ4v) is 1.68. The van der Waals surface area contributed by atoms with Crippen molar-refractivity contribution in [1.29, 1.82) is 0 Å². The molecule has 0 radical (unpaired) electrons. The number of halogens is 3. The molecule has 0 aliphatic carbocycles. The first-order chi connectivity index (χ1) is 7.61. The first kappa shape index (κ1) is 11.1. The molecule has 1 heterocycles. The van der Waals surface area contributed by atoms with Gasteiger partial charge in [0.1, 0.15) is 23.9 Å². The monoisotopic (exact) mass is 233 g/mol. The maximum Gasteiger partial charge on any atom is 0.387 e. The van der Waals surface area contributed by atoms with Gasteiger partial charge >= 0.3 is 6.61 Å². The minimum absolute atomic E-state index is 0.233. The van der Waals surface area contributed by atoms with E-state index in [0.717, 1.165) is 6.07 Å². The van der Waals surface area contributed by atoms with Gasteiger partial charge in [-0.1, -0.05) is 0 Å². The fraction of sp³-hybridized carbons (Fsp3) is 0.400. The second-order valence-corrected chi connectivity index (χ2v) is 3.35. The SMILES string of the molecule is CN[C@@H]1COc2cc(OC(F)F)cc(F)c21. The minimum atomic E-state index is -2.97. The highest BCUT2D eigenvalue weighted by Crippen LogP contribution is 2.37. The number of likely N-dealkylation sites (N-methyl/N-ethyl adjacent to an activating group) is 1. The maximum absolute atomic E-state index is 13.6. The maximum atomic E-state index is 13.6. The van der Waals surface area contributed by atoms with Crippen LogP contribution in [0, 0.1) is 5.82 Å². The third-order valence-corrected chi connectivity index (χ3v) is 2.39. The zero-order chi connectivity index (χ0) is 11.7. The molecule has 0 fully saturated rings. The van der Waals surface area contributed by atoms with E-state index in [1.807, 2.05) is 0 Å². The number of ether oxygens (including phenoxy) is 2. The third kappa shape index (κ3) is 1.92. The Hall–Kier alpha value is -1.43. The second-order valence-electron chi connectivity index (χ2n) is 3.35. The molecule has 1 aromatic rings. The summed E-state index contributed by atoms with van der Waals surface area (Å²) in [5.41, 5.74) is 0.351. The third-order valence-electron chi connectivity index (χ3n) is 2.39. The standard InChI is InChI=1S/C10H10F3NO2/c1-14-7-4-15-8-3-5(16-10(12)13)2-6(11)9(7)8/h2-3,7,10,14H,4H2,1H3/t7-/m1/s1. The zero-order valence-electron chi connectivity index (χ0n) is 8.47. The number of hydrogen-bond donors (Lipinski definition) is 1. The van der Waals surface area contributed by atoms with E-state index in [1.54, 1.807) is 7.05 Å². The van der Waals surface area contributed by atoms with Crippen molar-refractivity contribution in [1.82, 2.24) is 5.32 Å². The van der Waals surface area contributed by atoms with Crippen molar-refractivity contribution in [2.75, 3.05) is 13.7 Å². The molecule has 1 atom stereocenters. The summed E-state index contributed by atoms with van der Waals surface area (Å²) >= 11 is 0. The molecule has 0 spiro atoms. The topological polar surface area (TPSA) is 30.5 Å². The molecule has 3 nitrogen and oxygen atoms in total. The molecule has 6 heteroatoms. The van der Waals surface area contributed by atoms with Crippen LogP contribution >= 0.6 is 0 Å². The average molecular weight is 233 g/mol. The lowest BCUT2D eigenvalue weighted by Gasteiger charge is -2.09. The molecule has 1 aliphatic rings. The van der Waals surface area contributed by atoms with Crippen molar-refractivity contribution in [2.45, 2.75) is 12.7 Å². The molecule has 0 unspecified atom stereocenters. The van der Waals surface area contributed by atoms with E-state index >= 15 is 0 Å². The summed E-state index contributed by atoms with van der Waals surface area (Å²) in [6, 6.07) is 1.95. The molecule has 0 aromatic heterocycles. The van der Waals surface area contributed by atoms with Gasteiger partial charge in [0, 0.05) is 12.1 Å². The predicted molar refractivity (Wildman–Crippen MR) is 50.3 cm³/mol. The highest BCUT2D eigenvalue weighted by atomic mass is 19.3. The lowest BCUT2D eigenvalue weighted by atomic mass is 10.1. The molecule has 1 aliphatic heterocycles. The summed E-state index contributed by atoms with van der Waals surface area (Å²) in [6.07, 6.45) is 0. The summed E-state index contributed by atoms with van der Waals surface area (Å²) < 4.78 is 46.8. The van der Waals surface area contributed by atoms with E-state index in [2.05, 4.69) is 10.1 Å². The van der Waals surface area contributed by atoms with Crippen LogP contribution in [0.25, 0.3) is 0 Å². The summed E-state index contributed by atoms with van der Waals surface area (Å²) in [7, 11) is 1.67. The number of rotatable bonds is 3. The van der Waals surface area contributed by atoms with Crippen molar-refractivity contribution in [3.8, 4) is 11.5 Å². The van der Waals surface area contributed by atoms with Crippen LogP contribution in [0.4, 0.5) is 13.2 Å². The largest absolute Gasteiger partial charge is 0.491 e. The summed E-state index contributed by atoms with van der Waals surface area (Å²) in [5.74, 6) is -0.594. The van der Waals surface area contributed by atoms with Crippen molar-refractivity contribution in [3.05, 3.63) is 23.5 Å². The van der Waals surface area contributed by atoms with Gasteiger partial charge < -0.3 is 14.8 Å². The average Bonchev–Trinajstić information content (AvgIpc) is 2.59. The zero-order valence-corrected chi connectivity index (χ0v) is 8.47. The van der Waals surface area contributed by atoms with Crippen molar-refractivity contribution >= 4 is 0 Å². The molecule has 0 saturated carbocycles. The summed E-state index contributed by atoms with van der Waals surface area (Å²) in [6.45, 7) is -2.69. The molecule has 0 bridgehead atoms. The predicted octanol–water partition coefficient (Wildman–Crippen LogP) is 2.08. The van der Waals surface area contributed by atoms with E-state index in [1.165, 1.54) is 6.07 Å². The van der Waals surface area contributed by atoms with E-state index in [9.17, 15) is 13.2 Å². The molecular formula is C10H10F3NO2. The Balaban J connectivity index is 2.33. The Morgan fingerprint density at radius 3 is 2.88 bits per heavy atom. The fourth-order valence-electron chi connectivity index (χ4n) is 1.68. The van der Waals surface area contributed by atoms with Gasteiger partial charge in [-0.15, -0.1) is 0 Å². The van der Waals surface area contributed by atoms with Crippen LogP contribution in [-0.2, 0) is 0 Å². The van der Waals surface area contributed by atoms with Crippen LogP contribution < -0.4 is 14.8 Å². The Bertz CT molecular complexity index is 398. The second kappa shape index (κ2) is 4.21. The molecule has 0 saturated heterocycles. The Labute approximate surface area is 90.2 Å². The molecule has 1 N–H and O–H groups in total. The number of fused-ring (bicyclic) bond motifs is 1. The number of benzene rings is 1.